The molecule has 1 aromatic rings. The standard InChI is InChI=1S/C19H26ClN3O2/c1-22-13-19(10-7-18(22)25)9-4-11-23(14-19)12-8-17(24)21-16-6-3-2-5-15(16)20/h2-3,5-6H,4,7-14H2,1H3,(H,21,24)/t19-/m0/s1. The van der Waals surface area contributed by atoms with Gasteiger partial charge in [0, 0.05) is 44.9 Å². The molecule has 25 heavy (non-hydrogen) atoms. The molecule has 0 saturated carbocycles. The third-order valence-electron chi connectivity index (χ3n) is 5.41. The fraction of sp³-hybridized carbons (Fsp3) is 0.579. The highest BCUT2D eigenvalue weighted by atomic mass is 35.5. The average molecular weight is 364 g/mol. The van der Waals surface area contributed by atoms with Crippen molar-refractivity contribution in [2.45, 2.75) is 32.1 Å². The van der Waals surface area contributed by atoms with Crippen LogP contribution in [0.25, 0.3) is 0 Å². The van der Waals surface area contributed by atoms with E-state index in [1.807, 2.05) is 30.1 Å². The van der Waals surface area contributed by atoms with Crippen molar-refractivity contribution in [2.75, 3.05) is 38.5 Å². The molecule has 136 valence electrons. The highest BCUT2D eigenvalue weighted by Crippen LogP contribution is 2.38. The number of hydrogen-bond donors (Lipinski definition) is 1. The SMILES string of the molecule is CN1C[C@]2(CCCN(CCC(=O)Nc3ccccc3Cl)C2)CCC1=O. The summed E-state index contributed by atoms with van der Waals surface area (Å²) in [5, 5.41) is 3.44. The average Bonchev–Trinajstić information content (AvgIpc) is 2.59. The number of halogens is 1. The molecular formula is C19H26ClN3O2. The van der Waals surface area contributed by atoms with Gasteiger partial charge in [-0.15, -0.1) is 0 Å². The molecule has 2 fully saturated rings. The van der Waals surface area contributed by atoms with Crippen molar-refractivity contribution in [2.24, 2.45) is 5.41 Å². The van der Waals surface area contributed by atoms with Crippen LogP contribution in [-0.4, -0.2) is 54.8 Å². The van der Waals surface area contributed by atoms with Gasteiger partial charge in [0.25, 0.3) is 0 Å². The van der Waals surface area contributed by atoms with Crippen LogP contribution in [0.5, 0.6) is 0 Å². The fourth-order valence-corrected chi connectivity index (χ4v) is 4.29. The number of hydrogen-bond acceptors (Lipinski definition) is 3. The Bertz CT molecular complexity index is 651. The molecule has 2 aliphatic heterocycles. The van der Waals surface area contributed by atoms with Crippen LogP contribution in [0.3, 0.4) is 0 Å². The Balaban J connectivity index is 1.50. The molecule has 0 radical (unpaired) electrons. The summed E-state index contributed by atoms with van der Waals surface area (Å²) in [6.45, 7) is 3.59. The Morgan fingerprint density at radius 3 is 2.84 bits per heavy atom. The Morgan fingerprint density at radius 2 is 2.08 bits per heavy atom. The summed E-state index contributed by atoms with van der Waals surface area (Å²) in [4.78, 5) is 28.2. The molecular weight excluding hydrogens is 338 g/mol. The predicted octanol–water partition coefficient (Wildman–Crippen LogP) is 3.00. The van der Waals surface area contributed by atoms with E-state index in [2.05, 4.69) is 10.2 Å². The van der Waals surface area contributed by atoms with Crippen LogP contribution in [0.2, 0.25) is 5.02 Å². The number of para-hydroxylation sites is 1. The zero-order chi connectivity index (χ0) is 17.9. The van der Waals surface area contributed by atoms with Gasteiger partial charge >= 0.3 is 0 Å². The first-order valence-electron chi connectivity index (χ1n) is 8.98. The first-order chi connectivity index (χ1) is 12.0. The zero-order valence-electron chi connectivity index (χ0n) is 14.8. The molecule has 0 aliphatic carbocycles. The zero-order valence-corrected chi connectivity index (χ0v) is 15.5. The van der Waals surface area contributed by atoms with Gasteiger partial charge < -0.3 is 15.1 Å². The van der Waals surface area contributed by atoms with Crippen LogP contribution in [0.4, 0.5) is 5.69 Å². The first kappa shape index (κ1) is 18.2. The van der Waals surface area contributed by atoms with Crippen LogP contribution in [-0.2, 0) is 9.59 Å². The van der Waals surface area contributed by atoms with E-state index in [0.717, 1.165) is 39.0 Å². The van der Waals surface area contributed by atoms with Crippen molar-refractivity contribution in [3.8, 4) is 0 Å². The molecule has 2 aliphatic rings. The van der Waals surface area contributed by atoms with E-state index in [4.69, 9.17) is 11.6 Å². The lowest BCUT2D eigenvalue weighted by Gasteiger charge is -2.47. The van der Waals surface area contributed by atoms with Gasteiger partial charge in [-0.25, -0.2) is 0 Å². The van der Waals surface area contributed by atoms with Gasteiger partial charge in [-0.2, -0.15) is 0 Å². The number of rotatable bonds is 4. The highest BCUT2D eigenvalue weighted by molar-refractivity contribution is 6.33. The Kier molecular flexibility index (Phi) is 5.64. The van der Waals surface area contributed by atoms with Gasteiger partial charge in [0.1, 0.15) is 0 Å². The molecule has 2 amide bonds. The maximum absolute atomic E-state index is 12.2. The number of carbonyl (C=O) groups excluding carboxylic acids is 2. The van der Waals surface area contributed by atoms with Crippen LogP contribution in [0, 0.1) is 5.41 Å². The normalized spacial score (nSPS) is 24.6. The van der Waals surface area contributed by atoms with Crippen molar-refractivity contribution in [1.82, 2.24) is 9.80 Å². The van der Waals surface area contributed by atoms with Crippen molar-refractivity contribution >= 4 is 29.1 Å². The largest absolute Gasteiger partial charge is 0.345 e. The predicted molar refractivity (Wildman–Crippen MR) is 99.7 cm³/mol. The number of amides is 2. The summed E-state index contributed by atoms with van der Waals surface area (Å²) >= 11 is 6.08. The number of anilines is 1. The van der Waals surface area contributed by atoms with E-state index >= 15 is 0 Å². The van der Waals surface area contributed by atoms with Crippen molar-refractivity contribution < 1.29 is 9.59 Å². The molecule has 1 N–H and O–H groups in total. The van der Waals surface area contributed by atoms with E-state index in [0.29, 0.717) is 23.6 Å². The van der Waals surface area contributed by atoms with Crippen LogP contribution >= 0.6 is 11.6 Å². The van der Waals surface area contributed by atoms with Crippen molar-refractivity contribution in [3.05, 3.63) is 29.3 Å². The topological polar surface area (TPSA) is 52.6 Å². The summed E-state index contributed by atoms with van der Waals surface area (Å²) in [5.41, 5.74) is 0.872. The number of likely N-dealkylation sites (tertiary alicyclic amines) is 2. The van der Waals surface area contributed by atoms with Crippen LogP contribution in [0.15, 0.2) is 24.3 Å². The molecule has 3 rings (SSSR count). The van der Waals surface area contributed by atoms with E-state index in [1.54, 1.807) is 6.07 Å². The first-order valence-corrected chi connectivity index (χ1v) is 9.36. The quantitative estimate of drug-likeness (QED) is 0.894. The number of nitrogens with zero attached hydrogens (tertiary/aromatic N) is 2. The molecule has 1 aromatic carbocycles. The maximum atomic E-state index is 12.2. The molecule has 6 heteroatoms. The van der Waals surface area contributed by atoms with E-state index in [1.165, 1.54) is 6.42 Å². The Morgan fingerprint density at radius 1 is 1.28 bits per heavy atom. The molecule has 1 spiro atoms. The Hall–Kier alpha value is -1.59. The lowest BCUT2D eigenvalue weighted by molar-refractivity contribution is -0.137. The van der Waals surface area contributed by atoms with Gasteiger partial charge in [0.2, 0.25) is 11.8 Å². The lowest BCUT2D eigenvalue weighted by atomic mass is 9.73. The number of piperidine rings is 2. The Labute approximate surface area is 154 Å². The number of carbonyl (C=O) groups is 2. The molecule has 2 saturated heterocycles. The second-order valence-corrected chi connectivity index (χ2v) is 7.81. The summed E-state index contributed by atoms with van der Waals surface area (Å²) in [7, 11) is 1.90. The molecule has 1 atom stereocenters. The van der Waals surface area contributed by atoms with E-state index in [9.17, 15) is 9.59 Å². The van der Waals surface area contributed by atoms with Crippen LogP contribution < -0.4 is 5.32 Å². The molecule has 0 bridgehead atoms. The molecule has 0 unspecified atom stereocenters. The third kappa shape index (κ3) is 4.53. The minimum Gasteiger partial charge on any atom is -0.345 e. The maximum Gasteiger partial charge on any atom is 0.225 e. The van der Waals surface area contributed by atoms with Gasteiger partial charge in [0.15, 0.2) is 0 Å². The number of nitrogens with one attached hydrogen (secondary N) is 1. The van der Waals surface area contributed by atoms with Gasteiger partial charge in [0.05, 0.1) is 10.7 Å². The van der Waals surface area contributed by atoms with Crippen molar-refractivity contribution in [3.63, 3.8) is 0 Å². The smallest absolute Gasteiger partial charge is 0.225 e. The minimum atomic E-state index is -0.0105. The lowest BCUT2D eigenvalue weighted by Crippen LogP contribution is -2.53. The summed E-state index contributed by atoms with van der Waals surface area (Å²) in [6.07, 6.45) is 4.38. The second kappa shape index (κ2) is 7.75. The van der Waals surface area contributed by atoms with Gasteiger partial charge in [-0.3, -0.25) is 9.59 Å². The summed E-state index contributed by atoms with van der Waals surface area (Å²) in [5.74, 6) is 0.241. The molecule has 5 nitrogen and oxygen atoms in total. The monoisotopic (exact) mass is 363 g/mol. The number of benzene rings is 1. The van der Waals surface area contributed by atoms with E-state index in [-0.39, 0.29) is 17.2 Å². The second-order valence-electron chi connectivity index (χ2n) is 7.41. The highest BCUT2D eigenvalue weighted by Gasteiger charge is 2.40. The molecule has 2 heterocycles. The molecule has 0 aromatic heterocycles. The van der Waals surface area contributed by atoms with Gasteiger partial charge in [-0.1, -0.05) is 23.7 Å². The third-order valence-corrected chi connectivity index (χ3v) is 5.74. The minimum absolute atomic E-state index is 0.0105. The fourth-order valence-electron chi connectivity index (χ4n) is 4.10. The summed E-state index contributed by atoms with van der Waals surface area (Å²) < 4.78 is 0. The van der Waals surface area contributed by atoms with Gasteiger partial charge in [-0.05, 0) is 37.9 Å². The van der Waals surface area contributed by atoms with E-state index < -0.39 is 0 Å². The van der Waals surface area contributed by atoms with Crippen LogP contribution in [0.1, 0.15) is 32.1 Å². The van der Waals surface area contributed by atoms with Crippen molar-refractivity contribution in [1.29, 1.82) is 0 Å². The summed E-state index contributed by atoms with van der Waals surface area (Å²) in [6, 6.07) is 7.28.